The standard InChI is InChI=1S/C24H54Si3/c1-19(2,3)26(20(4,5)6,21(7,8)9)25-27(22(10,11)12,23(13,14)15)24(16,17)18/h1-18H3/q-1. The molecule has 0 aliphatic rings. The lowest BCUT2D eigenvalue weighted by Crippen LogP contribution is -2.76. The van der Waals surface area contributed by atoms with Crippen molar-refractivity contribution >= 4 is 23.7 Å². The molecule has 0 saturated heterocycles. The van der Waals surface area contributed by atoms with Crippen LogP contribution >= 0.6 is 0 Å². The summed E-state index contributed by atoms with van der Waals surface area (Å²) in [5.74, 6) is 0. The lowest BCUT2D eigenvalue weighted by molar-refractivity contribution is 0.545. The van der Waals surface area contributed by atoms with Crippen LogP contribution in [0.25, 0.3) is 0 Å². The third-order valence-electron chi connectivity index (χ3n) is 7.12. The zero-order valence-electron chi connectivity index (χ0n) is 22.5. The van der Waals surface area contributed by atoms with Gasteiger partial charge in [0.05, 0.1) is 0 Å². The highest BCUT2D eigenvalue weighted by molar-refractivity contribution is 7.57. The van der Waals surface area contributed by atoms with Gasteiger partial charge in [-0.05, 0) is 0 Å². The molecule has 0 aliphatic heterocycles. The molecule has 0 N–H and O–H groups in total. The van der Waals surface area contributed by atoms with Gasteiger partial charge in [-0.15, -0.1) is 15.2 Å². The van der Waals surface area contributed by atoms with E-state index in [0.717, 1.165) is 8.55 Å². The van der Waals surface area contributed by atoms with Crippen molar-refractivity contribution in [2.75, 3.05) is 0 Å². The molecule has 0 spiro atoms. The summed E-state index contributed by atoms with van der Waals surface area (Å²) >= 11 is 0. The third-order valence-corrected chi connectivity index (χ3v) is 43.9. The van der Waals surface area contributed by atoms with E-state index in [0.29, 0.717) is 30.2 Å². The Bertz CT molecular complexity index is 383. The van der Waals surface area contributed by atoms with Crippen molar-refractivity contribution in [1.29, 1.82) is 0 Å². The van der Waals surface area contributed by atoms with Crippen molar-refractivity contribution in [2.24, 2.45) is 0 Å². The fraction of sp³-hybridized carbons (Fsp3) is 1.00. The van der Waals surface area contributed by atoms with Gasteiger partial charge in [0.15, 0.2) is 0 Å². The molecule has 3 heteroatoms. The molecule has 0 aromatic rings. The quantitative estimate of drug-likeness (QED) is 0.385. The van der Waals surface area contributed by atoms with Crippen LogP contribution in [-0.2, 0) is 0 Å². The molecular formula is C24H54Si3-. The minimum atomic E-state index is -1.78. The van der Waals surface area contributed by atoms with E-state index in [1.807, 2.05) is 0 Å². The van der Waals surface area contributed by atoms with Crippen LogP contribution in [0.4, 0.5) is 0 Å². The third kappa shape index (κ3) is 4.40. The van der Waals surface area contributed by atoms with Gasteiger partial charge in [-0.3, -0.25) is 0 Å². The van der Waals surface area contributed by atoms with Crippen molar-refractivity contribution in [3.8, 4) is 0 Å². The van der Waals surface area contributed by atoms with Gasteiger partial charge >= 0.3 is 0 Å². The molecule has 0 heterocycles. The van der Waals surface area contributed by atoms with E-state index in [1.54, 1.807) is 0 Å². The average Bonchev–Trinajstić information content (AvgIpc) is 2.16. The monoisotopic (exact) mass is 426 g/mol. The van der Waals surface area contributed by atoms with Crippen LogP contribution in [0.1, 0.15) is 125 Å². The molecule has 0 saturated carbocycles. The second kappa shape index (κ2) is 7.11. The van der Waals surface area contributed by atoms with Gasteiger partial charge in [-0.1, -0.05) is 155 Å². The fourth-order valence-corrected chi connectivity index (χ4v) is 58.2. The highest BCUT2D eigenvalue weighted by Crippen LogP contribution is 2.68. The van der Waals surface area contributed by atoms with Crippen LogP contribution in [0, 0.1) is 0 Å². The Morgan fingerprint density at radius 2 is 0.407 bits per heavy atom. The number of rotatable bonds is 2. The maximum atomic E-state index is 2.58. The zero-order chi connectivity index (χ0) is 22.7. The smallest absolute Gasteiger partial charge is 0.0653 e. The van der Waals surface area contributed by atoms with Crippen molar-refractivity contribution in [3.05, 3.63) is 0 Å². The molecule has 0 unspecified atom stereocenters. The molecule has 0 aliphatic carbocycles. The van der Waals surface area contributed by atoms with Crippen LogP contribution < -0.4 is 0 Å². The van der Waals surface area contributed by atoms with Crippen LogP contribution in [0.5, 0.6) is 0 Å². The second-order valence-corrected chi connectivity index (χ2v) is 34.9. The van der Waals surface area contributed by atoms with Gasteiger partial charge in [0.25, 0.3) is 0 Å². The van der Waals surface area contributed by atoms with Gasteiger partial charge in [0.1, 0.15) is 0 Å². The van der Waals surface area contributed by atoms with Gasteiger partial charge in [-0.2, -0.15) is 0 Å². The summed E-state index contributed by atoms with van der Waals surface area (Å²) in [7, 11) is -2.41. The highest BCUT2D eigenvalue weighted by atomic mass is 29.6. The molecule has 0 fully saturated rings. The second-order valence-electron chi connectivity index (χ2n) is 15.1. The molecule has 1 radical (unpaired) electrons. The van der Waals surface area contributed by atoms with E-state index < -0.39 is 15.2 Å². The SMILES string of the molecule is CC(C)(C)[Si]([Si-][Si](C(C)(C)C)(C(C)(C)C)C(C)(C)C)(C(C)(C)C)C(C)(C)C. The first kappa shape index (κ1) is 27.7. The predicted octanol–water partition coefficient (Wildman–Crippen LogP) is 9.38. The van der Waals surface area contributed by atoms with Crippen molar-refractivity contribution in [2.45, 2.75) is 155 Å². The Labute approximate surface area is 178 Å². The largest absolute Gasteiger partial charge is 0.420 e. The minimum Gasteiger partial charge on any atom is -0.420 e. The Kier molecular flexibility index (Phi) is 7.28. The number of hydrogen-bond donors (Lipinski definition) is 0. The molecule has 27 heavy (non-hydrogen) atoms. The Morgan fingerprint density at radius 3 is 0.481 bits per heavy atom. The van der Waals surface area contributed by atoms with Crippen LogP contribution in [-0.4, -0.2) is 23.7 Å². The topological polar surface area (TPSA) is 0 Å². The van der Waals surface area contributed by atoms with E-state index in [4.69, 9.17) is 0 Å². The normalized spacial score (nSPS) is 16.7. The van der Waals surface area contributed by atoms with Crippen LogP contribution in [0.2, 0.25) is 30.2 Å². The van der Waals surface area contributed by atoms with Gasteiger partial charge in [0.2, 0.25) is 0 Å². The summed E-state index contributed by atoms with van der Waals surface area (Å²) < 4.78 is 0. The fourth-order valence-electron chi connectivity index (χ4n) is 8.16. The van der Waals surface area contributed by atoms with E-state index in [2.05, 4.69) is 125 Å². The van der Waals surface area contributed by atoms with Crippen molar-refractivity contribution in [1.82, 2.24) is 0 Å². The molecule has 0 bridgehead atoms. The van der Waals surface area contributed by atoms with E-state index >= 15 is 0 Å². The van der Waals surface area contributed by atoms with Crippen molar-refractivity contribution < 1.29 is 0 Å². The first-order valence-electron chi connectivity index (χ1n) is 11.0. The summed E-state index contributed by atoms with van der Waals surface area (Å²) in [6.07, 6.45) is 0. The molecule has 0 nitrogen and oxygen atoms in total. The van der Waals surface area contributed by atoms with Crippen molar-refractivity contribution in [3.63, 3.8) is 0 Å². The lowest BCUT2D eigenvalue weighted by atomic mass is 10.2. The van der Waals surface area contributed by atoms with Crippen LogP contribution in [0.3, 0.4) is 0 Å². The maximum absolute atomic E-state index is 2.58. The van der Waals surface area contributed by atoms with Gasteiger partial charge in [0, 0.05) is 0 Å². The summed E-state index contributed by atoms with van der Waals surface area (Å²) in [5.41, 5.74) is 0. The van der Waals surface area contributed by atoms with E-state index in [9.17, 15) is 0 Å². The Balaban J connectivity index is 7.45. The first-order valence-corrected chi connectivity index (χ1v) is 18.0. The van der Waals surface area contributed by atoms with Crippen LogP contribution in [0.15, 0.2) is 0 Å². The predicted molar refractivity (Wildman–Crippen MR) is 136 cm³/mol. The molecule has 0 rings (SSSR count). The summed E-state index contributed by atoms with van der Waals surface area (Å²) in [5, 5.41) is 2.26. The van der Waals surface area contributed by atoms with Gasteiger partial charge < -0.3 is 8.55 Å². The highest BCUT2D eigenvalue weighted by Gasteiger charge is 2.58. The summed E-state index contributed by atoms with van der Waals surface area (Å²) in [4.78, 5) is 0. The lowest BCUT2D eigenvalue weighted by Gasteiger charge is -2.79. The molecule has 0 aromatic heterocycles. The molecule has 163 valence electrons. The van der Waals surface area contributed by atoms with Gasteiger partial charge in [-0.25, -0.2) is 0 Å². The molecule has 0 amide bonds. The van der Waals surface area contributed by atoms with E-state index in [1.165, 1.54) is 0 Å². The average molecular weight is 427 g/mol. The molecule has 0 atom stereocenters. The van der Waals surface area contributed by atoms with E-state index in [-0.39, 0.29) is 0 Å². The Hall–Kier alpha value is 0.651. The summed E-state index contributed by atoms with van der Waals surface area (Å²) in [6.45, 7) is 46.4. The number of hydrogen-bond acceptors (Lipinski definition) is 0. The molecular weight excluding hydrogens is 373 g/mol. The molecule has 0 aromatic carbocycles. The first-order chi connectivity index (χ1) is 11.2. The summed E-state index contributed by atoms with van der Waals surface area (Å²) in [6, 6.07) is 0. The maximum Gasteiger partial charge on any atom is -0.0653 e. The zero-order valence-corrected chi connectivity index (χ0v) is 25.5. The Morgan fingerprint density at radius 1 is 0.296 bits per heavy atom. The minimum absolute atomic E-state index is 0.377.